The number of hydrogen-bond donors (Lipinski definition) is 1. The monoisotopic (exact) mass is 312 g/mol. The van der Waals surface area contributed by atoms with Crippen LogP contribution in [-0.2, 0) is 0 Å². The molecule has 1 nitrogen and oxygen atoms in total. The minimum absolute atomic E-state index is 0.0423. The van der Waals surface area contributed by atoms with Crippen molar-refractivity contribution in [1.29, 1.82) is 0 Å². The Kier molecular flexibility index (Phi) is 3.78. The topological polar surface area (TPSA) is 20.2 Å². The van der Waals surface area contributed by atoms with E-state index < -0.39 is 17.7 Å². The molecule has 0 fully saturated rings. The van der Waals surface area contributed by atoms with Crippen molar-refractivity contribution < 1.29 is 13.9 Å². The third-order valence-corrected chi connectivity index (χ3v) is 3.42. The van der Waals surface area contributed by atoms with Crippen LogP contribution < -0.4 is 0 Å². The fraction of sp³-hybridized carbons (Fsp3) is 0.143. The Morgan fingerprint density at radius 1 is 1.06 bits per heavy atom. The van der Waals surface area contributed by atoms with Crippen molar-refractivity contribution in [2.45, 2.75) is 13.0 Å². The molecule has 1 unspecified atom stereocenters. The maximum absolute atomic E-state index is 13.7. The van der Waals surface area contributed by atoms with Crippen molar-refractivity contribution in [3.05, 3.63) is 69.2 Å². The molecule has 4 heteroatoms. The lowest BCUT2D eigenvalue weighted by molar-refractivity contribution is 0.213. The molecular weight excluding hydrogens is 302 g/mol. The molecule has 0 amide bonds. The molecule has 0 aliphatic rings. The van der Waals surface area contributed by atoms with Gasteiger partial charge in [0.25, 0.3) is 0 Å². The van der Waals surface area contributed by atoms with Gasteiger partial charge < -0.3 is 5.11 Å². The van der Waals surface area contributed by atoms with Gasteiger partial charge in [-0.2, -0.15) is 0 Å². The summed E-state index contributed by atoms with van der Waals surface area (Å²) < 4.78 is 27.2. The normalized spacial score (nSPS) is 12.5. The van der Waals surface area contributed by atoms with Crippen molar-refractivity contribution >= 4 is 15.9 Å². The highest BCUT2D eigenvalue weighted by atomic mass is 79.9. The second-order valence-electron chi connectivity index (χ2n) is 4.05. The maximum atomic E-state index is 13.7. The van der Waals surface area contributed by atoms with Crippen LogP contribution in [0.4, 0.5) is 8.78 Å². The Bertz CT molecular complexity index is 584. The summed E-state index contributed by atoms with van der Waals surface area (Å²) in [5, 5.41) is 10.1. The molecule has 0 saturated carbocycles. The van der Waals surface area contributed by atoms with Gasteiger partial charge in [0, 0.05) is 5.56 Å². The van der Waals surface area contributed by atoms with Gasteiger partial charge in [0.05, 0.1) is 4.47 Å². The van der Waals surface area contributed by atoms with Crippen LogP contribution >= 0.6 is 15.9 Å². The van der Waals surface area contributed by atoms with Crippen LogP contribution in [0.1, 0.15) is 22.8 Å². The van der Waals surface area contributed by atoms with Crippen LogP contribution in [0.15, 0.2) is 40.9 Å². The lowest BCUT2D eigenvalue weighted by Crippen LogP contribution is -2.05. The fourth-order valence-electron chi connectivity index (χ4n) is 1.81. The summed E-state index contributed by atoms with van der Waals surface area (Å²) in [5.74, 6) is -1.24. The molecule has 0 radical (unpaired) electrons. The van der Waals surface area contributed by atoms with Crippen molar-refractivity contribution in [3.8, 4) is 0 Å². The van der Waals surface area contributed by atoms with Crippen LogP contribution in [0.5, 0.6) is 0 Å². The predicted molar refractivity (Wildman–Crippen MR) is 69.3 cm³/mol. The zero-order valence-corrected chi connectivity index (χ0v) is 11.2. The number of halogens is 3. The van der Waals surface area contributed by atoms with Crippen LogP contribution in [0, 0.1) is 18.6 Å². The Hall–Kier alpha value is -1.26. The van der Waals surface area contributed by atoms with Crippen LogP contribution in [0.3, 0.4) is 0 Å². The van der Waals surface area contributed by atoms with Gasteiger partial charge in [-0.1, -0.05) is 24.3 Å². The van der Waals surface area contributed by atoms with Crippen molar-refractivity contribution in [3.63, 3.8) is 0 Å². The van der Waals surface area contributed by atoms with Gasteiger partial charge in [-0.05, 0) is 46.1 Å². The lowest BCUT2D eigenvalue weighted by Gasteiger charge is -2.15. The molecule has 0 saturated heterocycles. The van der Waals surface area contributed by atoms with Crippen molar-refractivity contribution in [1.82, 2.24) is 0 Å². The number of hydrogen-bond acceptors (Lipinski definition) is 1. The number of benzene rings is 2. The Morgan fingerprint density at radius 2 is 1.72 bits per heavy atom. The standard InChI is InChI=1S/C14H11BrF2O/c1-8-4-2-3-5-9(8)14(18)10-6-13(17)11(15)7-12(10)16/h2-7,14,18H,1H3. The van der Waals surface area contributed by atoms with Gasteiger partial charge in [-0.3, -0.25) is 0 Å². The van der Waals surface area contributed by atoms with E-state index in [-0.39, 0.29) is 10.0 Å². The van der Waals surface area contributed by atoms with E-state index in [1.165, 1.54) is 0 Å². The highest BCUT2D eigenvalue weighted by Gasteiger charge is 2.18. The highest BCUT2D eigenvalue weighted by Crippen LogP contribution is 2.29. The number of rotatable bonds is 2. The summed E-state index contributed by atoms with van der Waals surface area (Å²) >= 11 is 2.90. The molecule has 0 bridgehead atoms. The summed E-state index contributed by atoms with van der Waals surface area (Å²) in [4.78, 5) is 0. The molecule has 1 N–H and O–H groups in total. The van der Waals surface area contributed by atoms with Crippen LogP contribution in [0.2, 0.25) is 0 Å². The first kappa shape index (κ1) is 13.2. The average molecular weight is 313 g/mol. The largest absolute Gasteiger partial charge is 0.384 e. The zero-order valence-electron chi connectivity index (χ0n) is 9.62. The average Bonchev–Trinajstić information content (AvgIpc) is 2.33. The molecular formula is C14H11BrF2O. The van der Waals surface area contributed by atoms with E-state index in [1.54, 1.807) is 12.1 Å². The Morgan fingerprint density at radius 3 is 2.39 bits per heavy atom. The first-order chi connectivity index (χ1) is 8.50. The first-order valence-electron chi connectivity index (χ1n) is 5.38. The summed E-state index contributed by atoms with van der Waals surface area (Å²) in [7, 11) is 0. The van der Waals surface area contributed by atoms with E-state index in [4.69, 9.17) is 0 Å². The SMILES string of the molecule is Cc1ccccc1C(O)c1cc(F)c(Br)cc1F. The minimum atomic E-state index is -1.17. The molecule has 0 aromatic heterocycles. The first-order valence-corrected chi connectivity index (χ1v) is 6.18. The summed E-state index contributed by atoms with van der Waals surface area (Å²) in [6, 6.07) is 9.11. The van der Waals surface area contributed by atoms with Crippen molar-refractivity contribution in [2.24, 2.45) is 0 Å². The second kappa shape index (κ2) is 5.16. The van der Waals surface area contributed by atoms with E-state index in [0.29, 0.717) is 5.56 Å². The van der Waals surface area contributed by atoms with E-state index >= 15 is 0 Å². The van der Waals surface area contributed by atoms with Gasteiger partial charge in [0.1, 0.15) is 17.7 Å². The molecule has 0 aliphatic carbocycles. The molecule has 94 valence electrons. The van der Waals surface area contributed by atoms with Gasteiger partial charge in [-0.15, -0.1) is 0 Å². The van der Waals surface area contributed by atoms with Gasteiger partial charge >= 0.3 is 0 Å². The van der Waals surface area contributed by atoms with Gasteiger partial charge in [0.2, 0.25) is 0 Å². The fourth-order valence-corrected chi connectivity index (χ4v) is 2.12. The number of aliphatic hydroxyl groups is 1. The van der Waals surface area contributed by atoms with Crippen LogP contribution in [0.25, 0.3) is 0 Å². The summed E-state index contributed by atoms with van der Waals surface area (Å²) in [5.41, 5.74) is 1.33. The molecule has 0 heterocycles. The third kappa shape index (κ3) is 2.44. The second-order valence-corrected chi connectivity index (χ2v) is 4.90. The molecule has 2 aromatic rings. The minimum Gasteiger partial charge on any atom is -0.384 e. The predicted octanol–water partition coefficient (Wildman–Crippen LogP) is 4.12. The maximum Gasteiger partial charge on any atom is 0.137 e. The Labute approximate surface area is 112 Å². The summed E-state index contributed by atoms with van der Waals surface area (Å²) in [6.07, 6.45) is -1.17. The van der Waals surface area contributed by atoms with E-state index in [2.05, 4.69) is 15.9 Å². The van der Waals surface area contributed by atoms with Gasteiger partial charge in [0.15, 0.2) is 0 Å². The molecule has 0 aliphatic heterocycles. The van der Waals surface area contributed by atoms with Gasteiger partial charge in [-0.25, -0.2) is 8.78 Å². The van der Waals surface area contributed by atoms with E-state index in [9.17, 15) is 13.9 Å². The number of aliphatic hydroxyl groups excluding tert-OH is 1. The number of aryl methyl sites for hydroxylation is 1. The van der Waals surface area contributed by atoms with Crippen LogP contribution in [-0.4, -0.2) is 5.11 Å². The van der Waals surface area contributed by atoms with E-state index in [1.807, 2.05) is 19.1 Å². The molecule has 2 aromatic carbocycles. The molecule has 2 rings (SSSR count). The van der Waals surface area contributed by atoms with Crippen molar-refractivity contribution in [2.75, 3.05) is 0 Å². The third-order valence-electron chi connectivity index (χ3n) is 2.82. The lowest BCUT2D eigenvalue weighted by atomic mass is 9.97. The Balaban J connectivity index is 2.50. The highest BCUT2D eigenvalue weighted by molar-refractivity contribution is 9.10. The molecule has 0 spiro atoms. The zero-order chi connectivity index (χ0) is 13.3. The summed E-state index contributed by atoms with van der Waals surface area (Å²) in [6.45, 7) is 1.81. The molecule has 1 atom stereocenters. The molecule has 18 heavy (non-hydrogen) atoms. The van der Waals surface area contributed by atoms with E-state index in [0.717, 1.165) is 17.7 Å². The quantitative estimate of drug-likeness (QED) is 0.827. The smallest absolute Gasteiger partial charge is 0.137 e.